The van der Waals surface area contributed by atoms with E-state index in [4.69, 9.17) is 15.0 Å². The molecule has 1 aliphatic carbocycles. The number of aromatic nitrogens is 2. The molecular formula is C14H25N3O2. The Morgan fingerprint density at radius 3 is 3.00 bits per heavy atom. The van der Waals surface area contributed by atoms with Crippen LogP contribution in [0.4, 0.5) is 0 Å². The summed E-state index contributed by atoms with van der Waals surface area (Å²) in [7, 11) is 1.75. The Balaban J connectivity index is 2.19. The lowest BCUT2D eigenvalue weighted by molar-refractivity contribution is -0.0658. The van der Waals surface area contributed by atoms with Crippen LogP contribution in [0.3, 0.4) is 0 Å². The van der Waals surface area contributed by atoms with Gasteiger partial charge >= 0.3 is 0 Å². The lowest BCUT2D eigenvalue weighted by Gasteiger charge is -2.36. The molecule has 5 nitrogen and oxygen atoms in total. The predicted octanol–water partition coefficient (Wildman–Crippen LogP) is 2.57. The molecule has 0 radical (unpaired) electrons. The van der Waals surface area contributed by atoms with Gasteiger partial charge in [-0.05, 0) is 38.1 Å². The number of ether oxygens (including phenoxy) is 1. The van der Waals surface area contributed by atoms with Crippen molar-refractivity contribution in [3.05, 3.63) is 11.7 Å². The number of hydrogen-bond acceptors (Lipinski definition) is 5. The highest BCUT2D eigenvalue weighted by Gasteiger charge is 2.41. The summed E-state index contributed by atoms with van der Waals surface area (Å²) < 4.78 is 11.2. The predicted molar refractivity (Wildman–Crippen MR) is 72.7 cm³/mol. The molecule has 1 heterocycles. The minimum absolute atomic E-state index is 0.209. The number of methoxy groups -OCH3 is 1. The first-order valence-electron chi connectivity index (χ1n) is 7.20. The molecule has 1 saturated carbocycles. The van der Waals surface area contributed by atoms with Gasteiger partial charge in [-0.15, -0.1) is 0 Å². The number of hydrogen-bond donors (Lipinski definition) is 1. The van der Waals surface area contributed by atoms with Crippen LogP contribution in [0.2, 0.25) is 0 Å². The fourth-order valence-corrected chi connectivity index (χ4v) is 2.98. The molecule has 0 amide bonds. The van der Waals surface area contributed by atoms with Crippen molar-refractivity contribution in [3.63, 3.8) is 0 Å². The molecule has 1 aromatic heterocycles. The summed E-state index contributed by atoms with van der Waals surface area (Å²) in [4.78, 5) is 4.57. The Hall–Kier alpha value is -0.940. The summed E-state index contributed by atoms with van der Waals surface area (Å²) in [6.07, 6.45) is 5.19. The van der Waals surface area contributed by atoms with Crippen molar-refractivity contribution in [2.24, 2.45) is 11.7 Å². The van der Waals surface area contributed by atoms with E-state index in [1.807, 2.05) is 0 Å². The minimum Gasteiger partial charge on any atom is -0.370 e. The molecule has 0 aliphatic heterocycles. The van der Waals surface area contributed by atoms with Crippen LogP contribution < -0.4 is 5.73 Å². The van der Waals surface area contributed by atoms with Gasteiger partial charge in [0, 0.05) is 13.0 Å². The van der Waals surface area contributed by atoms with E-state index in [0.29, 0.717) is 24.2 Å². The Morgan fingerprint density at radius 2 is 2.37 bits per heavy atom. The van der Waals surface area contributed by atoms with Gasteiger partial charge in [0.05, 0.1) is 0 Å². The van der Waals surface area contributed by atoms with E-state index < -0.39 is 0 Å². The average molecular weight is 267 g/mol. The van der Waals surface area contributed by atoms with Gasteiger partial charge in [0.2, 0.25) is 11.7 Å². The second-order valence-electron chi connectivity index (χ2n) is 5.83. The number of nitrogens with two attached hydrogens (primary N) is 1. The molecule has 1 fully saturated rings. The zero-order valence-corrected chi connectivity index (χ0v) is 12.2. The van der Waals surface area contributed by atoms with Crippen LogP contribution in [0.15, 0.2) is 4.52 Å². The zero-order valence-electron chi connectivity index (χ0n) is 12.2. The number of nitrogens with zero attached hydrogens (tertiary/aromatic N) is 2. The van der Waals surface area contributed by atoms with Crippen LogP contribution in [0, 0.1) is 5.92 Å². The topological polar surface area (TPSA) is 74.2 Å². The second kappa shape index (κ2) is 6.01. The molecule has 3 unspecified atom stereocenters. The Kier molecular flexibility index (Phi) is 4.58. The van der Waals surface area contributed by atoms with Crippen molar-refractivity contribution in [3.8, 4) is 0 Å². The molecular weight excluding hydrogens is 242 g/mol. The van der Waals surface area contributed by atoms with Crippen LogP contribution in [0.5, 0.6) is 0 Å². The first-order valence-corrected chi connectivity index (χ1v) is 7.20. The van der Waals surface area contributed by atoms with Crippen molar-refractivity contribution in [1.82, 2.24) is 10.1 Å². The van der Waals surface area contributed by atoms with E-state index in [-0.39, 0.29) is 11.5 Å². The zero-order chi connectivity index (χ0) is 13.9. The van der Waals surface area contributed by atoms with Crippen molar-refractivity contribution in [2.45, 2.75) is 57.5 Å². The highest BCUT2D eigenvalue weighted by molar-refractivity contribution is 5.05. The lowest BCUT2D eigenvalue weighted by Crippen LogP contribution is -2.35. The smallest absolute Gasteiger partial charge is 0.229 e. The summed E-state index contributed by atoms with van der Waals surface area (Å²) in [6, 6.07) is 0. The van der Waals surface area contributed by atoms with Gasteiger partial charge in [0.15, 0.2) is 0 Å². The van der Waals surface area contributed by atoms with Crippen molar-refractivity contribution in [2.75, 3.05) is 13.7 Å². The summed E-state index contributed by atoms with van der Waals surface area (Å²) in [5.41, 5.74) is 5.21. The molecule has 2 rings (SSSR count). The van der Waals surface area contributed by atoms with Crippen LogP contribution in [-0.2, 0) is 10.3 Å². The third-order valence-electron chi connectivity index (χ3n) is 4.22. The molecule has 108 valence electrons. The maximum absolute atomic E-state index is 5.78. The van der Waals surface area contributed by atoms with Gasteiger partial charge in [-0.3, -0.25) is 0 Å². The average Bonchev–Trinajstić information content (AvgIpc) is 2.89. The van der Waals surface area contributed by atoms with E-state index >= 15 is 0 Å². The Bertz CT molecular complexity index is 407. The van der Waals surface area contributed by atoms with Gasteiger partial charge in [-0.1, -0.05) is 25.4 Å². The van der Waals surface area contributed by atoms with Gasteiger partial charge < -0.3 is 15.0 Å². The fourth-order valence-electron chi connectivity index (χ4n) is 2.98. The van der Waals surface area contributed by atoms with E-state index in [1.165, 1.54) is 6.42 Å². The fraction of sp³-hybridized carbons (Fsp3) is 0.857. The lowest BCUT2D eigenvalue weighted by atomic mass is 9.78. The van der Waals surface area contributed by atoms with Crippen molar-refractivity contribution in [1.29, 1.82) is 0 Å². The molecule has 19 heavy (non-hydrogen) atoms. The highest BCUT2D eigenvalue weighted by Crippen LogP contribution is 2.41. The first kappa shape index (κ1) is 14.5. The minimum atomic E-state index is -0.359. The molecule has 1 aliphatic rings. The summed E-state index contributed by atoms with van der Waals surface area (Å²) >= 11 is 0. The van der Waals surface area contributed by atoms with Crippen molar-refractivity contribution < 1.29 is 9.26 Å². The maximum Gasteiger partial charge on any atom is 0.229 e. The molecule has 3 atom stereocenters. The largest absolute Gasteiger partial charge is 0.370 e. The van der Waals surface area contributed by atoms with E-state index in [1.54, 1.807) is 7.11 Å². The monoisotopic (exact) mass is 267 g/mol. The molecule has 1 aromatic rings. The van der Waals surface area contributed by atoms with Gasteiger partial charge in [-0.25, -0.2) is 0 Å². The standard InChI is InChI=1S/C14H25N3O2/c1-10-5-4-7-14(9-10,18-3)13-16-12(19-17-13)11(2)6-8-15/h10-11H,4-9,15H2,1-3H3. The molecule has 2 N–H and O–H groups in total. The molecule has 5 heteroatoms. The molecule has 0 spiro atoms. The Morgan fingerprint density at radius 1 is 1.58 bits per heavy atom. The van der Waals surface area contributed by atoms with Crippen LogP contribution >= 0.6 is 0 Å². The van der Waals surface area contributed by atoms with E-state index in [2.05, 4.69) is 24.0 Å². The summed E-state index contributed by atoms with van der Waals surface area (Å²) in [5, 5.41) is 4.17. The third kappa shape index (κ3) is 2.98. The molecule has 0 aromatic carbocycles. The Labute approximate surface area is 114 Å². The van der Waals surface area contributed by atoms with E-state index in [9.17, 15) is 0 Å². The third-order valence-corrected chi connectivity index (χ3v) is 4.22. The second-order valence-corrected chi connectivity index (χ2v) is 5.83. The van der Waals surface area contributed by atoms with Crippen LogP contribution in [0.25, 0.3) is 0 Å². The molecule has 0 bridgehead atoms. The van der Waals surface area contributed by atoms with Crippen LogP contribution in [-0.4, -0.2) is 23.8 Å². The summed E-state index contributed by atoms with van der Waals surface area (Å²) in [6.45, 7) is 4.95. The first-order chi connectivity index (χ1) is 9.11. The quantitative estimate of drug-likeness (QED) is 0.887. The van der Waals surface area contributed by atoms with Crippen molar-refractivity contribution >= 4 is 0 Å². The van der Waals surface area contributed by atoms with Gasteiger partial charge in [0.1, 0.15) is 5.60 Å². The number of rotatable bonds is 5. The molecule has 0 saturated heterocycles. The van der Waals surface area contributed by atoms with E-state index in [0.717, 1.165) is 25.7 Å². The van der Waals surface area contributed by atoms with Gasteiger partial charge in [-0.2, -0.15) is 4.98 Å². The SMILES string of the molecule is COC1(c2noc(C(C)CCN)n2)CCCC(C)C1. The normalized spacial score (nSPS) is 29.4. The highest BCUT2D eigenvalue weighted by atomic mass is 16.5. The van der Waals surface area contributed by atoms with Crippen LogP contribution in [0.1, 0.15) is 63.6 Å². The maximum atomic E-state index is 5.78. The van der Waals surface area contributed by atoms with Gasteiger partial charge in [0.25, 0.3) is 0 Å². The summed E-state index contributed by atoms with van der Waals surface area (Å²) in [5.74, 6) is 2.23.